The highest BCUT2D eigenvalue weighted by atomic mass is 16.5. The van der Waals surface area contributed by atoms with Crippen LogP contribution in [0.25, 0.3) is 0 Å². The minimum Gasteiger partial charge on any atom is -0.389 e. The number of hydrogen-bond donors (Lipinski definition) is 2. The number of likely N-dealkylation sites (N-methyl/N-ethyl adjacent to an activating group) is 1. The van der Waals surface area contributed by atoms with Crippen LogP contribution in [0.4, 0.5) is 0 Å². The molecule has 0 spiro atoms. The lowest BCUT2D eigenvalue weighted by atomic mass is 10.2. The van der Waals surface area contributed by atoms with Gasteiger partial charge in [-0.05, 0) is 12.6 Å². The Morgan fingerprint density at radius 1 is 1.42 bits per heavy atom. The maximum atomic E-state index is 11.7. The number of methoxy groups -OCH3 is 1. The Kier molecular flexibility index (Phi) is 7.10. The van der Waals surface area contributed by atoms with E-state index in [2.05, 4.69) is 5.32 Å². The predicted molar refractivity (Wildman–Crippen MR) is 73.7 cm³/mol. The second kappa shape index (κ2) is 8.63. The number of amides is 1. The fourth-order valence-electron chi connectivity index (χ4n) is 1.77. The molecule has 0 saturated carbocycles. The molecule has 1 atom stereocenters. The van der Waals surface area contributed by atoms with E-state index in [1.807, 2.05) is 30.3 Å². The van der Waals surface area contributed by atoms with Gasteiger partial charge in [0, 0.05) is 20.2 Å². The topological polar surface area (TPSA) is 61.8 Å². The van der Waals surface area contributed by atoms with Crippen LogP contribution in [0.1, 0.15) is 5.56 Å². The van der Waals surface area contributed by atoms with Crippen molar-refractivity contribution in [1.29, 1.82) is 0 Å². The minimum absolute atomic E-state index is 0.0593. The quantitative estimate of drug-likeness (QED) is 0.707. The molecule has 0 radical (unpaired) electrons. The van der Waals surface area contributed by atoms with E-state index >= 15 is 0 Å². The van der Waals surface area contributed by atoms with Crippen LogP contribution in [-0.2, 0) is 16.1 Å². The first kappa shape index (κ1) is 15.6. The molecule has 0 heterocycles. The molecule has 0 bridgehead atoms. The molecule has 106 valence electrons. The van der Waals surface area contributed by atoms with E-state index in [9.17, 15) is 9.90 Å². The van der Waals surface area contributed by atoms with Crippen molar-refractivity contribution in [1.82, 2.24) is 10.2 Å². The van der Waals surface area contributed by atoms with Gasteiger partial charge in [-0.2, -0.15) is 0 Å². The summed E-state index contributed by atoms with van der Waals surface area (Å²) in [5, 5.41) is 12.4. The number of aliphatic hydroxyl groups excluding tert-OH is 1. The molecule has 0 fully saturated rings. The van der Waals surface area contributed by atoms with Crippen molar-refractivity contribution in [2.24, 2.45) is 0 Å². The number of hydrogen-bond acceptors (Lipinski definition) is 4. The van der Waals surface area contributed by atoms with Gasteiger partial charge < -0.3 is 15.2 Å². The van der Waals surface area contributed by atoms with Crippen LogP contribution in [0.2, 0.25) is 0 Å². The second-order valence-corrected chi connectivity index (χ2v) is 4.57. The molecule has 0 aliphatic heterocycles. The maximum absolute atomic E-state index is 11.7. The molecule has 0 aliphatic rings. The van der Waals surface area contributed by atoms with Crippen molar-refractivity contribution in [2.75, 3.05) is 33.9 Å². The summed E-state index contributed by atoms with van der Waals surface area (Å²) in [4.78, 5) is 13.5. The molecule has 19 heavy (non-hydrogen) atoms. The maximum Gasteiger partial charge on any atom is 0.234 e. The number of rotatable bonds is 8. The van der Waals surface area contributed by atoms with Gasteiger partial charge in [-0.1, -0.05) is 30.3 Å². The van der Waals surface area contributed by atoms with Crippen molar-refractivity contribution in [3.8, 4) is 0 Å². The first-order chi connectivity index (χ1) is 9.11. The first-order valence-corrected chi connectivity index (χ1v) is 6.28. The van der Waals surface area contributed by atoms with Crippen LogP contribution < -0.4 is 5.32 Å². The molecular weight excluding hydrogens is 244 g/mol. The summed E-state index contributed by atoms with van der Waals surface area (Å²) >= 11 is 0. The average Bonchev–Trinajstić information content (AvgIpc) is 2.37. The summed E-state index contributed by atoms with van der Waals surface area (Å²) in [6.45, 7) is 1.46. The summed E-state index contributed by atoms with van der Waals surface area (Å²) < 4.78 is 4.84. The lowest BCUT2D eigenvalue weighted by Gasteiger charge is -2.19. The van der Waals surface area contributed by atoms with Gasteiger partial charge in [0.25, 0.3) is 0 Å². The van der Waals surface area contributed by atoms with E-state index in [1.54, 1.807) is 11.9 Å². The highest BCUT2D eigenvalue weighted by molar-refractivity contribution is 5.77. The summed E-state index contributed by atoms with van der Waals surface area (Å²) in [5.41, 5.74) is 1.07. The molecule has 1 amide bonds. The van der Waals surface area contributed by atoms with Gasteiger partial charge >= 0.3 is 0 Å². The fourth-order valence-corrected chi connectivity index (χ4v) is 1.77. The van der Waals surface area contributed by atoms with Crippen molar-refractivity contribution in [3.05, 3.63) is 35.9 Å². The molecule has 0 aromatic heterocycles. The van der Waals surface area contributed by atoms with Crippen LogP contribution in [0, 0.1) is 0 Å². The molecule has 0 saturated heterocycles. The third kappa shape index (κ3) is 6.91. The number of carbonyl (C=O) groups is 1. The summed E-state index contributed by atoms with van der Waals surface area (Å²) in [6, 6.07) is 9.75. The van der Waals surface area contributed by atoms with Crippen LogP contribution in [0.15, 0.2) is 30.3 Å². The molecule has 2 N–H and O–H groups in total. The molecule has 5 nitrogen and oxygen atoms in total. The monoisotopic (exact) mass is 266 g/mol. The molecule has 1 rings (SSSR count). The Bertz CT molecular complexity index is 370. The van der Waals surface area contributed by atoms with Gasteiger partial charge in [-0.25, -0.2) is 0 Å². The third-order valence-corrected chi connectivity index (χ3v) is 2.63. The standard InChI is InChI=1S/C14H22N2O3/c1-16(9-13(17)11-19-2)10-14(18)15-8-12-6-4-3-5-7-12/h3-7,13,17H,8-11H2,1-2H3,(H,15,18). The summed E-state index contributed by atoms with van der Waals surface area (Å²) in [7, 11) is 3.33. The molecule has 1 aromatic carbocycles. The van der Waals surface area contributed by atoms with E-state index < -0.39 is 6.10 Å². The molecule has 5 heteroatoms. The van der Waals surface area contributed by atoms with Crippen LogP contribution in [-0.4, -0.2) is 55.9 Å². The molecule has 1 aromatic rings. The highest BCUT2D eigenvalue weighted by Gasteiger charge is 2.11. The Morgan fingerprint density at radius 2 is 2.11 bits per heavy atom. The minimum atomic E-state index is -0.572. The Morgan fingerprint density at radius 3 is 2.74 bits per heavy atom. The average molecular weight is 266 g/mol. The van der Waals surface area contributed by atoms with Gasteiger partial charge in [0.15, 0.2) is 0 Å². The van der Waals surface area contributed by atoms with Gasteiger partial charge in [-0.15, -0.1) is 0 Å². The zero-order valence-corrected chi connectivity index (χ0v) is 11.5. The van der Waals surface area contributed by atoms with Crippen LogP contribution in [0.3, 0.4) is 0 Å². The van der Waals surface area contributed by atoms with Gasteiger partial charge in [-0.3, -0.25) is 9.69 Å². The van der Waals surface area contributed by atoms with Gasteiger partial charge in [0.2, 0.25) is 5.91 Å². The van der Waals surface area contributed by atoms with Crippen molar-refractivity contribution in [2.45, 2.75) is 12.6 Å². The van der Waals surface area contributed by atoms with E-state index in [1.165, 1.54) is 7.11 Å². The highest BCUT2D eigenvalue weighted by Crippen LogP contribution is 1.97. The Hall–Kier alpha value is -1.43. The number of nitrogens with zero attached hydrogens (tertiary/aromatic N) is 1. The largest absolute Gasteiger partial charge is 0.389 e. The molecule has 0 aliphatic carbocycles. The SMILES string of the molecule is COCC(O)CN(C)CC(=O)NCc1ccccc1. The van der Waals surface area contributed by atoms with Crippen molar-refractivity contribution in [3.63, 3.8) is 0 Å². The normalized spacial score (nSPS) is 12.4. The lowest BCUT2D eigenvalue weighted by Crippen LogP contribution is -2.39. The van der Waals surface area contributed by atoms with E-state index in [-0.39, 0.29) is 19.1 Å². The zero-order chi connectivity index (χ0) is 14.1. The lowest BCUT2D eigenvalue weighted by molar-refractivity contribution is -0.122. The fraction of sp³-hybridized carbons (Fsp3) is 0.500. The van der Waals surface area contributed by atoms with E-state index in [0.717, 1.165) is 5.56 Å². The van der Waals surface area contributed by atoms with Gasteiger partial charge in [0.05, 0.1) is 19.3 Å². The van der Waals surface area contributed by atoms with Gasteiger partial charge in [0.1, 0.15) is 0 Å². The summed E-state index contributed by atoms with van der Waals surface area (Å²) in [6.07, 6.45) is -0.572. The molecular formula is C14H22N2O3. The van der Waals surface area contributed by atoms with Crippen molar-refractivity contribution < 1.29 is 14.6 Å². The molecule has 1 unspecified atom stereocenters. The van der Waals surface area contributed by atoms with Crippen LogP contribution >= 0.6 is 0 Å². The number of nitrogens with one attached hydrogen (secondary N) is 1. The van der Waals surface area contributed by atoms with Crippen LogP contribution in [0.5, 0.6) is 0 Å². The number of carbonyl (C=O) groups excluding carboxylic acids is 1. The zero-order valence-electron chi connectivity index (χ0n) is 11.5. The smallest absolute Gasteiger partial charge is 0.234 e. The first-order valence-electron chi connectivity index (χ1n) is 6.28. The van der Waals surface area contributed by atoms with E-state index in [0.29, 0.717) is 13.1 Å². The predicted octanol–water partition coefficient (Wildman–Crippen LogP) is 0.242. The summed E-state index contributed by atoms with van der Waals surface area (Å²) in [5.74, 6) is -0.0593. The number of aliphatic hydroxyl groups is 1. The number of ether oxygens (including phenoxy) is 1. The Labute approximate surface area is 114 Å². The third-order valence-electron chi connectivity index (χ3n) is 2.63. The second-order valence-electron chi connectivity index (χ2n) is 4.57. The van der Waals surface area contributed by atoms with E-state index in [4.69, 9.17) is 4.74 Å². The van der Waals surface area contributed by atoms with Crippen molar-refractivity contribution >= 4 is 5.91 Å². The number of benzene rings is 1. The Balaban J connectivity index is 2.23.